The normalized spacial score (nSPS) is 12.1. The number of benzene rings is 2. The fourth-order valence-electron chi connectivity index (χ4n) is 2.34. The zero-order valence-corrected chi connectivity index (χ0v) is 9.66. The van der Waals surface area contributed by atoms with Gasteiger partial charge in [-0.2, -0.15) is 0 Å². The minimum absolute atomic E-state index is 0.127. The van der Waals surface area contributed by atoms with Gasteiger partial charge in [0.1, 0.15) is 7.85 Å². The number of hydrogen-bond acceptors (Lipinski definition) is 1. The number of carbonyl (C=O) groups is 1. The van der Waals surface area contributed by atoms with Crippen molar-refractivity contribution >= 4 is 25.2 Å². The van der Waals surface area contributed by atoms with E-state index in [2.05, 4.69) is 6.58 Å². The quantitative estimate of drug-likeness (QED) is 0.569. The van der Waals surface area contributed by atoms with Crippen LogP contribution in [-0.2, 0) is 0 Å². The van der Waals surface area contributed by atoms with Crippen molar-refractivity contribution in [1.29, 1.82) is 0 Å². The van der Waals surface area contributed by atoms with E-state index in [0.717, 1.165) is 33.3 Å². The molecule has 1 nitrogen and oxygen atoms in total. The third kappa shape index (κ3) is 1.37. The first-order valence-electron chi connectivity index (χ1n) is 5.63. The van der Waals surface area contributed by atoms with Crippen molar-refractivity contribution in [3.8, 4) is 11.1 Å². The molecule has 0 spiro atoms. The van der Waals surface area contributed by atoms with Crippen LogP contribution in [-0.4, -0.2) is 13.6 Å². The summed E-state index contributed by atoms with van der Waals surface area (Å²) in [5.41, 5.74) is 5.81. The first kappa shape index (κ1) is 10.1. The average Bonchev–Trinajstić information content (AvgIpc) is 2.62. The predicted octanol–water partition coefficient (Wildman–Crippen LogP) is 1.80. The van der Waals surface area contributed by atoms with E-state index in [-0.39, 0.29) is 5.78 Å². The summed E-state index contributed by atoms with van der Waals surface area (Å²) in [5, 5.41) is 0. The Kier molecular flexibility index (Phi) is 2.05. The van der Waals surface area contributed by atoms with Gasteiger partial charge in [-0.25, -0.2) is 0 Å². The minimum atomic E-state index is 0.127. The highest BCUT2D eigenvalue weighted by Gasteiger charge is 2.26. The van der Waals surface area contributed by atoms with Gasteiger partial charge in [-0.05, 0) is 22.8 Å². The maximum atomic E-state index is 12.3. The van der Waals surface area contributed by atoms with Crippen LogP contribution in [0.25, 0.3) is 17.2 Å². The van der Waals surface area contributed by atoms with E-state index in [1.807, 2.05) is 44.2 Å². The van der Waals surface area contributed by atoms with E-state index < -0.39 is 0 Å². The first-order valence-corrected chi connectivity index (χ1v) is 5.63. The Morgan fingerprint density at radius 3 is 2.29 bits per heavy atom. The Bertz CT molecular complexity index is 656. The lowest BCUT2D eigenvalue weighted by atomic mass is 9.92. The van der Waals surface area contributed by atoms with E-state index in [0.29, 0.717) is 0 Å². The van der Waals surface area contributed by atoms with Gasteiger partial charge >= 0.3 is 0 Å². The van der Waals surface area contributed by atoms with E-state index in [9.17, 15) is 4.79 Å². The molecule has 0 aromatic heterocycles. The molecular weight excluding hydrogens is 207 g/mol. The number of fused-ring (bicyclic) bond motifs is 3. The molecule has 0 heterocycles. The van der Waals surface area contributed by atoms with Crippen LogP contribution in [0.3, 0.4) is 0 Å². The summed E-state index contributed by atoms with van der Waals surface area (Å²) in [4.78, 5) is 12.3. The Hall–Kier alpha value is -2.09. The maximum absolute atomic E-state index is 12.3. The molecule has 0 bridgehead atoms. The van der Waals surface area contributed by atoms with Crippen molar-refractivity contribution in [1.82, 2.24) is 0 Å². The molecular formula is C15H11BO. The van der Waals surface area contributed by atoms with Crippen molar-refractivity contribution < 1.29 is 4.79 Å². The van der Waals surface area contributed by atoms with Crippen molar-refractivity contribution in [2.24, 2.45) is 0 Å². The van der Waals surface area contributed by atoms with Crippen molar-refractivity contribution in [3.05, 3.63) is 59.7 Å². The largest absolute Gasteiger partial charge is 0.289 e. The Balaban J connectivity index is 2.30. The second kappa shape index (κ2) is 3.46. The number of ketones is 1. The molecule has 0 saturated carbocycles. The number of hydrogen-bond donors (Lipinski definition) is 0. The van der Waals surface area contributed by atoms with E-state index in [1.54, 1.807) is 6.08 Å². The van der Waals surface area contributed by atoms with Crippen LogP contribution in [0, 0.1) is 0 Å². The molecule has 17 heavy (non-hydrogen) atoms. The standard InChI is InChI=1S/C15H11BO/c1-2-9-3-5-11-12-6-4-10(16)8-14(12)15(17)13(11)7-9/h2-8H,1,16H2. The third-order valence-corrected chi connectivity index (χ3v) is 3.23. The van der Waals surface area contributed by atoms with Gasteiger partial charge in [0.15, 0.2) is 5.78 Å². The lowest BCUT2D eigenvalue weighted by molar-refractivity contribution is 0.104. The van der Waals surface area contributed by atoms with E-state index >= 15 is 0 Å². The molecule has 1 aliphatic carbocycles. The molecule has 0 saturated heterocycles. The van der Waals surface area contributed by atoms with Gasteiger partial charge in [0, 0.05) is 11.1 Å². The second-order valence-electron chi connectivity index (χ2n) is 4.39. The van der Waals surface area contributed by atoms with Crippen LogP contribution in [0.5, 0.6) is 0 Å². The molecule has 2 heteroatoms. The summed E-state index contributed by atoms with van der Waals surface area (Å²) < 4.78 is 0. The van der Waals surface area contributed by atoms with Crippen molar-refractivity contribution in [2.75, 3.05) is 0 Å². The topological polar surface area (TPSA) is 17.1 Å². The van der Waals surface area contributed by atoms with Crippen molar-refractivity contribution in [2.45, 2.75) is 0 Å². The molecule has 0 radical (unpaired) electrons. The fourth-order valence-corrected chi connectivity index (χ4v) is 2.34. The predicted molar refractivity (Wildman–Crippen MR) is 73.6 cm³/mol. The van der Waals surface area contributed by atoms with Crippen LogP contribution >= 0.6 is 0 Å². The molecule has 3 rings (SSSR count). The zero-order chi connectivity index (χ0) is 12.0. The molecule has 0 N–H and O–H groups in total. The monoisotopic (exact) mass is 218 g/mol. The van der Waals surface area contributed by atoms with Gasteiger partial charge in [0.05, 0.1) is 0 Å². The number of rotatable bonds is 1. The molecule has 0 unspecified atom stereocenters. The Morgan fingerprint density at radius 2 is 1.59 bits per heavy atom. The van der Waals surface area contributed by atoms with Crippen LogP contribution < -0.4 is 5.46 Å². The fraction of sp³-hybridized carbons (Fsp3) is 0. The second-order valence-corrected chi connectivity index (χ2v) is 4.39. The highest BCUT2D eigenvalue weighted by atomic mass is 16.1. The van der Waals surface area contributed by atoms with Gasteiger partial charge in [0.25, 0.3) is 0 Å². The van der Waals surface area contributed by atoms with Gasteiger partial charge in [0.2, 0.25) is 0 Å². The zero-order valence-electron chi connectivity index (χ0n) is 9.66. The van der Waals surface area contributed by atoms with Gasteiger partial charge in [-0.3, -0.25) is 4.79 Å². The third-order valence-electron chi connectivity index (χ3n) is 3.23. The van der Waals surface area contributed by atoms with Crippen LogP contribution in [0.4, 0.5) is 0 Å². The molecule has 0 fully saturated rings. The smallest absolute Gasteiger partial charge is 0.194 e. The summed E-state index contributed by atoms with van der Waals surface area (Å²) in [6, 6.07) is 12.0. The van der Waals surface area contributed by atoms with Crippen LogP contribution in [0.1, 0.15) is 21.5 Å². The molecule has 0 aliphatic heterocycles. The van der Waals surface area contributed by atoms with Crippen LogP contribution in [0.15, 0.2) is 43.0 Å². The van der Waals surface area contributed by atoms with Gasteiger partial charge in [-0.15, -0.1) is 0 Å². The summed E-state index contributed by atoms with van der Waals surface area (Å²) in [6.45, 7) is 3.73. The molecule has 0 atom stereocenters. The Morgan fingerprint density at radius 1 is 0.941 bits per heavy atom. The lowest BCUT2D eigenvalue weighted by Crippen LogP contribution is -2.05. The van der Waals surface area contributed by atoms with Gasteiger partial charge < -0.3 is 0 Å². The summed E-state index contributed by atoms with van der Waals surface area (Å²) in [7, 11) is 2.01. The molecule has 2 aromatic carbocycles. The lowest BCUT2D eigenvalue weighted by Gasteiger charge is -2.01. The molecule has 2 aromatic rings. The maximum Gasteiger partial charge on any atom is 0.194 e. The summed E-state index contributed by atoms with van der Waals surface area (Å²) in [6.07, 6.45) is 1.77. The highest BCUT2D eigenvalue weighted by molar-refractivity contribution is 6.34. The SMILES string of the molecule is Bc1ccc2c(c1)C(=O)c1cc(C=C)ccc1-2. The summed E-state index contributed by atoms with van der Waals surface area (Å²) in [5.74, 6) is 0.127. The number of carbonyl (C=O) groups excluding carboxylic acids is 1. The minimum Gasteiger partial charge on any atom is -0.289 e. The van der Waals surface area contributed by atoms with Crippen LogP contribution in [0.2, 0.25) is 0 Å². The van der Waals surface area contributed by atoms with Gasteiger partial charge in [-0.1, -0.05) is 48.4 Å². The van der Waals surface area contributed by atoms with E-state index in [1.165, 1.54) is 0 Å². The average molecular weight is 218 g/mol. The summed E-state index contributed by atoms with van der Waals surface area (Å²) >= 11 is 0. The molecule has 1 aliphatic rings. The first-order chi connectivity index (χ1) is 8.20. The molecule has 0 amide bonds. The Labute approximate surface area is 101 Å². The highest BCUT2D eigenvalue weighted by Crippen LogP contribution is 2.36. The van der Waals surface area contributed by atoms with E-state index in [4.69, 9.17) is 0 Å². The van der Waals surface area contributed by atoms with Crippen molar-refractivity contribution in [3.63, 3.8) is 0 Å². The molecule has 80 valence electrons.